The van der Waals surface area contributed by atoms with E-state index in [4.69, 9.17) is 10.8 Å². The summed E-state index contributed by atoms with van der Waals surface area (Å²) in [5.41, 5.74) is 5.43. The molecule has 0 aromatic carbocycles. The zero-order valence-corrected chi connectivity index (χ0v) is 6.82. The smallest absolute Gasteiger partial charge is 0.0512 e. The largest absolute Gasteiger partial charge is 0.393 e. The molecule has 0 aliphatic heterocycles. The molecule has 2 unspecified atom stereocenters. The van der Waals surface area contributed by atoms with Crippen molar-refractivity contribution in [3.8, 4) is 0 Å². The van der Waals surface area contributed by atoms with Crippen LogP contribution in [-0.2, 0) is 0 Å². The first-order valence-electron chi connectivity index (χ1n) is 3.06. The fraction of sp³-hybridized carbons (Fsp3) is 1.00. The first-order chi connectivity index (χ1) is 3.63. The van der Waals surface area contributed by atoms with Gasteiger partial charge in [-0.25, -0.2) is 0 Å². The highest BCUT2D eigenvalue weighted by atomic mass is 35.5. The molecule has 0 aromatic rings. The molecule has 9 heavy (non-hydrogen) atoms. The fourth-order valence-electron chi connectivity index (χ4n) is 0.504. The van der Waals surface area contributed by atoms with Crippen molar-refractivity contribution in [1.29, 1.82) is 0 Å². The van der Waals surface area contributed by atoms with Gasteiger partial charge in [0.15, 0.2) is 0 Å². The van der Waals surface area contributed by atoms with Gasteiger partial charge in [-0.15, -0.1) is 12.4 Å². The average Bonchev–Trinajstić information content (AvgIpc) is 1.61. The van der Waals surface area contributed by atoms with Gasteiger partial charge in [0.1, 0.15) is 0 Å². The lowest BCUT2D eigenvalue weighted by molar-refractivity contribution is 0.179. The standard InChI is InChI=1S/C6H15NO.ClH/c1-5(7)3-4-6(2)8;/h5-6,8H,3-4,7H2,1-2H3;1H. The Morgan fingerprint density at radius 1 is 1.33 bits per heavy atom. The van der Waals surface area contributed by atoms with Crippen molar-refractivity contribution < 1.29 is 5.11 Å². The van der Waals surface area contributed by atoms with Crippen LogP contribution in [-0.4, -0.2) is 17.3 Å². The molecule has 0 radical (unpaired) electrons. The van der Waals surface area contributed by atoms with Crippen molar-refractivity contribution in [2.45, 2.75) is 38.8 Å². The maximum Gasteiger partial charge on any atom is 0.0512 e. The van der Waals surface area contributed by atoms with Gasteiger partial charge >= 0.3 is 0 Å². The second kappa shape index (κ2) is 6.33. The van der Waals surface area contributed by atoms with E-state index in [0.717, 1.165) is 12.8 Å². The van der Waals surface area contributed by atoms with Crippen LogP contribution in [0.3, 0.4) is 0 Å². The molecule has 0 saturated carbocycles. The van der Waals surface area contributed by atoms with Gasteiger partial charge in [0, 0.05) is 6.04 Å². The molecule has 2 atom stereocenters. The van der Waals surface area contributed by atoms with Crippen molar-refractivity contribution >= 4 is 12.4 Å². The van der Waals surface area contributed by atoms with E-state index >= 15 is 0 Å². The molecule has 2 nitrogen and oxygen atoms in total. The van der Waals surface area contributed by atoms with Crippen LogP contribution in [0.15, 0.2) is 0 Å². The summed E-state index contributed by atoms with van der Waals surface area (Å²) in [6, 6.07) is 0.226. The summed E-state index contributed by atoms with van der Waals surface area (Å²) in [6.07, 6.45) is 1.54. The number of nitrogens with two attached hydrogens (primary N) is 1. The summed E-state index contributed by atoms with van der Waals surface area (Å²) >= 11 is 0. The molecule has 0 saturated heterocycles. The molecule has 3 heteroatoms. The Bertz CT molecular complexity index is 49.0. The molecule has 58 valence electrons. The van der Waals surface area contributed by atoms with Gasteiger partial charge in [-0.3, -0.25) is 0 Å². The van der Waals surface area contributed by atoms with E-state index in [1.54, 1.807) is 6.92 Å². The number of hydrogen-bond acceptors (Lipinski definition) is 2. The highest BCUT2D eigenvalue weighted by Gasteiger charge is 1.97. The lowest BCUT2D eigenvalue weighted by Crippen LogP contribution is -2.16. The predicted molar refractivity (Wildman–Crippen MR) is 41.8 cm³/mol. The minimum absolute atomic E-state index is 0. The Kier molecular flexibility index (Phi) is 8.40. The minimum Gasteiger partial charge on any atom is -0.393 e. The second-order valence-electron chi connectivity index (χ2n) is 2.40. The molecule has 0 amide bonds. The van der Waals surface area contributed by atoms with Crippen molar-refractivity contribution in [3.05, 3.63) is 0 Å². The van der Waals surface area contributed by atoms with E-state index in [1.165, 1.54) is 0 Å². The van der Waals surface area contributed by atoms with Crippen molar-refractivity contribution in [2.75, 3.05) is 0 Å². The van der Waals surface area contributed by atoms with E-state index in [-0.39, 0.29) is 24.6 Å². The summed E-state index contributed by atoms with van der Waals surface area (Å²) in [6.45, 7) is 3.73. The Hall–Kier alpha value is 0.210. The number of halogens is 1. The maximum absolute atomic E-state index is 8.75. The zero-order valence-electron chi connectivity index (χ0n) is 6.00. The Morgan fingerprint density at radius 3 is 1.89 bits per heavy atom. The van der Waals surface area contributed by atoms with E-state index in [1.807, 2.05) is 6.92 Å². The van der Waals surface area contributed by atoms with Gasteiger partial charge < -0.3 is 10.8 Å². The molecular formula is C6H16ClNO. The molecule has 0 fully saturated rings. The van der Waals surface area contributed by atoms with Crippen LogP contribution in [0.1, 0.15) is 26.7 Å². The van der Waals surface area contributed by atoms with Gasteiger partial charge in [0.25, 0.3) is 0 Å². The van der Waals surface area contributed by atoms with E-state index in [2.05, 4.69) is 0 Å². The van der Waals surface area contributed by atoms with Crippen LogP contribution in [0.2, 0.25) is 0 Å². The Balaban J connectivity index is 0. The predicted octanol–water partition coefficient (Wildman–Crippen LogP) is 0.916. The van der Waals surface area contributed by atoms with Gasteiger partial charge in [0.05, 0.1) is 6.10 Å². The number of aliphatic hydroxyl groups excluding tert-OH is 1. The highest BCUT2D eigenvalue weighted by molar-refractivity contribution is 5.85. The minimum atomic E-state index is -0.194. The lowest BCUT2D eigenvalue weighted by atomic mass is 10.1. The topological polar surface area (TPSA) is 46.2 Å². The van der Waals surface area contributed by atoms with Crippen molar-refractivity contribution in [2.24, 2.45) is 5.73 Å². The van der Waals surface area contributed by atoms with Gasteiger partial charge in [-0.05, 0) is 26.7 Å². The third-order valence-electron chi connectivity index (χ3n) is 1.04. The Labute approximate surface area is 62.9 Å². The highest BCUT2D eigenvalue weighted by Crippen LogP contribution is 1.97. The Morgan fingerprint density at radius 2 is 1.78 bits per heavy atom. The first kappa shape index (κ1) is 11.9. The molecular weight excluding hydrogens is 138 g/mol. The van der Waals surface area contributed by atoms with E-state index < -0.39 is 0 Å². The van der Waals surface area contributed by atoms with E-state index in [0.29, 0.717) is 0 Å². The maximum atomic E-state index is 8.75. The third kappa shape index (κ3) is 11.7. The van der Waals surface area contributed by atoms with Gasteiger partial charge in [-0.1, -0.05) is 0 Å². The summed E-state index contributed by atoms with van der Waals surface area (Å²) in [7, 11) is 0. The van der Waals surface area contributed by atoms with Gasteiger partial charge in [0.2, 0.25) is 0 Å². The van der Waals surface area contributed by atoms with Crippen LogP contribution in [0.5, 0.6) is 0 Å². The summed E-state index contributed by atoms with van der Waals surface area (Å²) in [5.74, 6) is 0. The van der Waals surface area contributed by atoms with E-state index in [9.17, 15) is 0 Å². The summed E-state index contributed by atoms with van der Waals surface area (Å²) in [5, 5.41) is 8.75. The molecule has 3 N–H and O–H groups in total. The molecule has 0 bridgehead atoms. The molecule has 0 spiro atoms. The molecule has 0 aliphatic rings. The molecule has 0 heterocycles. The molecule has 0 aliphatic carbocycles. The van der Waals surface area contributed by atoms with Crippen LogP contribution in [0.4, 0.5) is 0 Å². The number of rotatable bonds is 3. The van der Waals surface area contributed by atoms with Crippen molar-refractivity contribution in [3.63, 3.8) is 0 Å². The first-order valence-corrected chi connectivity index (χ1v) is 3.06. The van der Waals surface area contributed by atoms with Crippen LogP contribution >= 0.6 is 12.4 Å². The SMILES string of the molecule is CC(N)CCC(C)O.Cl. The summed E-state index contributed by atoms with van der Waals surface area (Å²) in [4.78, 5) is 0. The number of hydrogen-bond donors (Lipinski definition) is 2. The summed E-state index contributed by atoms with van der Waals surface area (Å²) < 4.78 is 0. The third-order valence-corrected chi connectivity index (χ3v) is 1.04. The quantitative estimate of drug-likeness (QED) is 0.634. The van der Waals surface area contributed by atoms with Crippen LogP contribution in [0, 0.1) is 0 Å². The second-order valence-corrected chi connectivity index (χ2v) is 2.40. The fourth-order valence-corrected chi connectivity index (χ4v) is 0.504. The van der Waals surface area contributed by atoms with Crippen LogP contribution < -0.4 is 5.73 Å². The normalized spacial score (nSPS) is 16.0. The zero-order chi connectivity index (χ0) is 6.57. The average molecular weight is 154 g/mol. The number of aliphatic hydroxyl groups is 1. The van der Waals surface area contributed by atoms with Gasteiger partial charge in [-0.2, -0.15) is 0 Å². The van der Waals surface area contributed by atoms with Crippen molar-refractivity contribution in [1.82, 2.24) is 0 Å². The molecule has 0 rings (SSSR count). The lowest BCUT2D eigenvalue weighted by Gasteiger charge is -2.05. The monoisotopic (exact) mass is 153 g/mol. The van der Waals surface area contributed by atoms with Crippen LogP contribution in [0.25, 0.3) is 0 Å². The molecule has 0 aromatic heterocycles.